The van der Waals surface area contributed by atoms with Gasteiger partial charge in [-0.15, -0.1) is 0 Å². The van der Waals surface area contributed by atoms with Crippen LogP contribution in [0.15, 0.2) is 65.8 Å². The third-order valence-corrected chi connectivity index (χ3v) is 4.39. The summed E-state index contributed by atoms with van der Waals surface area (Å²) < 4.78 is 5.26. The van der Waals surface area contributed by atoms with Gasteiger partial charge in [0.15, 0.2) is 0 Å². The number of aliphatic imine (C=N–C) groups is 1. The summed E-state index contributed by atoms with van der Waals surface area (Å²) in [5.41, 5.74) is 4.12. The second-order valence-corrected chi connectivity index (χ2v) is 5.89. The van der Waals surface area contributed by atoms with E-state index in [0.717, 1.165) is 33.9 Å². The van der Waals surface area contributed by atoms with Crippen LogP contribution < -0.4 is 10.1 Å². The van der Waals surface area contributed by atoms with Gasteiger partial charge < -0.3 is 15.0 Å². The highest BCUT2D eigenvalue weighted by atomic mass is 16.5. The number of benzene rings is 2. The molecule has 0 radical (unpaired) electrons. The molecule has 2 aromatic carbocycles. The van der Waals surface area contributed by atoms with E-state index in [1.165, 1.54) is 0 Å². The zero-order valence-corrected chi connectivity index (χ0v) is 14.3. The topological polar surface area (TPSA) is 52.7 Å². The van der Waals surface area contributed by atoms with E-state index in [-0.39, 0.29) is 6.17 Å². The second-order valence-electron chi connectivity index (χ2n) is 5.89. The summed E-state index contributed by atoms with van der Waals surface area (Å²) in [5, 5.41) is 3.50. The van der Waals surface area contributed by atoms with Crippen molar-refractivity contribution in [1.82, 2.24) is 9.88 Å². The van der Waals surface area contributed by atoms with Gasteiger partial charge in [0.05, 0.1) is 7.11 Å². The molecule has 1 aromatic heterocycles. The molecule has 1 aliphatic heterocycles. The average Bonchev–Trinajstić information content (AvgIpc) is 3.13. The summed E-state index contributed by atoms with van der Waals surface area (Å²) >= 11 is 0. The molecule has 0 saturated carbocycles. The number of H-pyrrole nitrogens is 1. The molecule has 1 unspecified atom stereocenters. The molecule has 0 spiro atoms. The van der Waals surface area contributed by atoms with Crippen molar-refractivity contribution in [1.29, 1.82) is 0 Å². The highest BCUT2D eigenvalue weighted by molar-refractivity contribution is 5.79. The van der Waals surface area contributed by atoms with Gasteiger partial charge in [-0.25, -0.2) is 4.99 Å². The smallest absolute Gasteiger partial charge is 0.143 e. The third-order valence-electron chi connectivity index (χ3n) is 4.39. The van der Waals surface area contributed by atoms with E-state index in [0.29, 0.717) is 0 Å². The minimum absolute atomic E-state index is 0.224. The van der Waals surface area contributed by atoms with Crippen molar-refractivity contribution in [2.24, 2.45) is 4.99 Å². The Morgan fingerprint density at radius 3 is 2.62 bits per heavy atom. The van der Waals surface area contributed by atoms with Crippen LogP contribution in [0.3, 0.4) is 0 Å². The van der Waals surface area contributed by atoms with E-state index in [9.17, 15) is 0 Å². The molecule has 5 nitrogen and oxygen atoms in total. The molecular weight excluding hydrogens is 324 g/mol. The fraction of sp³-hybridized carbons (Fsp3) is 0.0952. The number of rotatable bonds is 4. The molecule has 3 aromatic rings. The van der Waals surface area contributed by atoms with Crippen LogP contribution in [0.1, 0.15) is 11.7 Å². The molecule has 2 N–H and O–H groups in total. The fourth-order valence-corrected chi connectivity index (χ4v) is 3.08. The maximum Gasteiger partial charge on any atom is 0.143 e. The van der Waals surface area contributed by atoms with Crippen LogP contribution in [0.5, 0.6) is 5.75 Å². The SMILES string of the molecule is C#CN1C=Nc2[nH]cc(-c3ccc(OC)cc3)c2C1Nc1ccccc1. The highest BCUT2D eigenvalue weighted by Gasteiger charge is 2.28. The van der Waals surface area contributed by atoms with Crippen LogP contribution in [0.2, 0.25) is 0 Å². The molecule has 128 valence electrons. The van der Waals surface area contributed by atoms with Gasteiger partial charge in [0.2, 0.25) is 0 Å². The number of fused-ring (bicyclic) bond motifs is 1. The number of hydrogen-bond acceptors (Lipinski definition) is 4. The van der Waals surface area contributed by atoms with Gasteiger partial charge in [0.25, 0.3) is 0 Å². The number of nitrogens with zero attached hydrogens (tertiary/aromatic N) is 2. The Kier molecular flexibility index (Phi) is 4.08. The maximum absolute atomic E-state index is 5.72. The Morgan fingerprint density at radius 2 is 1.92 bits per heavy atom. The van der Waals surface area contributed by atoms with Gasteiger partial charge in [0.1, 0.15) is 24.1 Å². The van der Waals surface area contributed by atoms with E-state index in [4.69, 9.17) is 11.2 Å². The summed E-state index contributed by atoms with van der Waals surface area (Å²) in [4.78, 5) is 9.44. The highest BCUT2D eigenvalue weighted by Crippen LogP contribution is 2.40. The molecule has 1 aliphatic rings. The molecule has 5 heteroatoms. The van der Waals surface area contributed by atoms with E-state index in [1.54, 1.807) is 18.3 Å². The minimum Gasteiger partial charge on any atom is -0.497 e. The first-order valence-electron chi connectivity index (χ1n) is 8.26. The lowest BCUT2D eigenvalue weighted by Gasteiger charge is -2.30. The first-order valence-corrected chi connectivity index (χ1v) is 8.26. The number of nitrogens with one attached hydrogen (secondary N) is 2. The van der Waals surface area contributed by atoms with Crippen LogP contribution in [0.4, 0.5) is 11.5 Å². The molecule has 26 heavy (non-hydrogen) atoms. The first-order chi connectivity index (χ1) is 12.8. The first kappa shape index (κ1) is 15.9. The van der Waals surface area contributed by atoms with E-state index in [2.05, 4.69) is 21.3 Å². The molecule has 0 bridgehead atoms. The summed E-state index contributed by atoms with van der Waals surface area (Å²) in [5.74, 6) is 1.62. The van der Waals surface area contributed by atoms with Gasteiger partial charge in [-0.1, -0.05) is 36.8 Å². The number of terminal acetylenes is 1. The average molecular weight is 342 g/mol. The lowest BCUT2D eigenvalue weighted by atomic mass is 10.0. The Balaban J connectivity index is 1.77. The quantitative estimate of drug-likeness (QED) is 0.692. The van der Waals surface area contributed by atoms with Crippen LogP contribution in [0, 0.1) is 12.5 Å². The Hall–Kier alpha value is -3.65. The zero-order chi connectivity index (χ0) is 17.9. The molecule has 2 heterocycles. The van der Waals surface area contributed by atoms with E-state index < -0.39 is 0 Å². The fourth-order valence-electron chi connectivity index (χ4n) is 3.08. The predicted molar refractivity (Wildman–Crippen MR) is 104 cm³/mol. The number of hydrogen-bond donors (Lipinski definition) is 2. The molecule has 0 fully saturated rings. The maximum atomic E-state index is 5.72. The number of anilines is 1. The third kappa shape index (κ3) is 2.78. The van der Waals surface area contributed by atoms with Crippen LogP contribution in [0.25, 0.3) is 11.1 Å². The van der Waals surface area contributed by atoms with Gasteiger partial charge in [-0.3, -0.25) is 4.90 Å². The summed E-state index contributed by atoms with van der Waals surface area (Å²) in [6.45, 7) is 0. The molecule has 1 atom stereocenters. The zero-order valence-electron chi connectivity index (χ0n) is 14.3. The molecule has 0 saturated heterocycles. The number of methoxy groups -OCH3 is 1. The monoisotopic (exact) mass is 342 g/mol. The van der Waals surface area contributed by atoms with Crippen molar-refractivity contribution in [3.63, 3.8) is 0 Å². The summed E-state index contributed by atoms with van der Waals surface area (Å²) in [7, 11) is 1.66. The van der Waals surface area contributed by atoms with Crippen molar-refractivity contribution in [2.45, 2.75) is 6.17 Å². The normalized spacial score (nSPS) is 15.2. The standard InChI is InChI=1S/C21H18N4O/c1-3-25-14-23-20-19(21(25)24-16-7-5-4-6-8-16)18(13-22-20)15-9-11-17(26-2)12-10-15/h1,4-14,21-22,24H,2H3. The van der Waals surface area contributed by atoms with E-state index in [1.807, 2.05) is 60.8 Å². The van der Waals surface area contributed by atoms with Gasteiger partial charge >= 0.3 is 0 Å². The summed E-state index contributed by atoms with van der Waals surface area (Å²) in [6.07, 6.45) is 9.12. The Labute approximate surface area is 152 Å². The predicted octanol–water partition coefficient (Wildman–Crippen LogP) is 4.37. The van der Waals surface area contributed by atoms with Gasteiger partial charge in [0, 0.05) is 29.1 Å². The van der Waals surface area contributed by atoms with Crippen LogP contribution in [-0.4, -0.2) is 23.3 Å². The van der Waals surface area contributed by atoms with Crippen molar-refractivity contribution < 1.29 is 4.74 Å². The number of aromatic nitrogens is 1. The number of ether oxygens (including phenoxy) is 1. The van der Waals surface area contributed by atoms with Crippen LogP contribution in [-0.2, 0) is 0 Å². The van der Waals surface area contributed by atoms with Gasteiger partial charge in [-0.2, -0.15) is 0 Å². The van der Waals surface area contributed by atoms with E-state index >= 15 is 0 Å². The van der Waals surface area contributed by atoms with Crippen molar-refractivity contribution in [3.8, 4) is 29.3 Å². The summed E-state index contributed by atoms with van der Waals surface area (Å²) in [6, 6.07) is 20.6. The van der Waals surface area contributed by atoms with Crippen molar-refractivity contribution in [2.75, 3.05) is 12.4 Å². The minimum atomic E-state index is -0.224. The molecular formula is C21H18N4O. The second kappa shape index (κ2) is 6.69. The lowest BCUT2D eigenvalue weighted by molar-refractivity contribution is 0.415. The Morgan fingerprint density at radius 1 is 1.15 bits per heavy atom. The molecule has 0 aliphatic carbocycles. The van der Waals surface area contributed by atoms with Crippen molar-refractivity contribution in [3.05, 3.63) is 66.4 Å². The van der Waals surface area contributed by atoms with Crippen molar-refractivity contribution >= 4 is 17.8 Å². The van der Waals surface area contributed by atoms with Gasteiger partial charge in [-0.05, 0) is 29.8 Å². The molecule has 0 amide bonds. The molecule has 4 rings (SSSR count). The largest absolute Gasteiger partial charge is 0.497 e. The van der Waals surface area contributed by atoms with Crippen LogP contribution >= 0.6 is 0 Å². The number of para-hydroxylation sites is 1. The lowest BCUT2D eigenvalue weighted by Crippen LogP contribution is -2.31. The number of aromatic amines is 1. The Bertz CT molecular complexity index is 967.